The van der Waals surface area contributed by atoms with Gasteiger partial charge < -0.3 is 18.7 Å². The van der Waals surface area contributed by atoms with Crippen LogP contribution in [0.5, 0.6) is 17.2 Å². The van der Waals surface area contributed by atoms with E-state index >= 15 is 0 Å². The number of methoxy groups -OCH3 is 1. The van der Waals surface area contributed by atoms with Gasteiger partial charge in [0.2, 0.25) is 0 Å². The van der Waals surface area contributed by atoms with Crippen LogP contribution in [0.1, 0.15) is 23.4 Å². The van der Waals surface area contributed by atoms with Gasteiger partial charge in [-0.15, -0.1) is 0 Å². The molecule has 31 heavy (non-hydrogen) atoms. The number of fused-ring (bicyclic) bond motifs is 1. The smallest absolute Gasteiger partial charge is 0.262 e. The van der Waals surface area contributed by atoms with Crippen LogP contribution < -0.4 is 18.9 Å². The van der Waals surface area contributed by atoms with Crippen LogP contribution in [-0.2, 0) is 10.0 Å². The van der Waals surface area contributed by atoms with Gasteiger partial charge >= 0.3 is 0 Å². The summed E-state index contributed by atoms with van der Waals surface area (Å²) in [6, 6.07) is 12.0. The summed E-state index contributed by atoms with van der Waals surface area (Å²) in [4.78, 5) is 0.0578. The van der Waals surface area contributed by atoms with Crippen LogP contribution in [0.2, 0.25) is 0 Å². The van der Waals surface area contributed by atoms with E-state index in [1.54, 1.807) is 26.2 Å². The summed E-state index contributed by atoms with van der Waals surface area (Å²) in [6.45, 7) is 2.64. The molecular weight excluding hydrogens is 420 g/mol. The number of sulfonamides is 1. The summed E-state index contributed by atoms with van der Waals surface area (Å²) in [5.74, 6) is 2.04. The first kappa shape index (κ1) is 20.8. The van der Waals surface area contributed by atoms with Gasteiger partial charge in [0.15, 0.2) is 17.3 Å². The van der Waals surface area contributed by atoms with Crippen molar-refractivity contribution in [2.45, 2.75) is 18.2 Å². The molecule has 0 amide bonds. The molecule has 0 spiro atoms. The van der Waals surface area contributed by atoms with E-state index in [2.05, 4.69) is 9.88 Å². The highest BCUT2D eigenvalue weighted by molar-refractivity contribution is 7.92. The molecule has 1 aliphatic heterocycles. The van der Waals surface area contributed by atoms with Crippen molar-refractivity contribution in [2.24, 2.45) is 0 Å². The largest absolute Gasteiger partial charge is 0.497 e. The molecule has 1 aliphatic rings. The SMILES string of the molecule is COc1ccc(C=Cc2noc(C)c2NS(=O)(=O)c2ccc3c(c2)OCCCO3)cc1. The van der Waals surface area contributed by atoms with E-state index in [0.29, 0.717) is 36.2 Å². The molecule has 0 unspecified atom stereocenters. The van der Waals surface area contributed by atoms with Crippen LogP contribution in [0.4, 0.5) is 5.69 Å². The Labute approximate surface area is 180 Å². The topological polar surface area (TPSA) is 99.9 Å². The maximum absolute atomic E-state index is 13.0. The molecule has 1 aromatic heterocycles. The Bertz CT molecular complexity index is 1200. The van der Waals surface area contributed by atoms with Crippen molar-refractivity contribution >= 4 is 27.9 Å². The molecule has 8 nitrogen and oxygen atoms in total. The van der Waals surface area contributed by atoms with Crippen molar-refractivity contribution in [3.63, 3.8) is 0 Å². The van der Waals surface area contributed by atoms with Crippen molar-refractivity contribution in [1.29, 1.82) is 0 Å². The van der Waals surface area contributed by atoms with Gasteiger partial charge in [-0.3, -0.25) is 4.72 Å². The van der Waals surface area contributed by atoms with Crippen molar-refractivity contribution in [2.75, 3.05) is 25.0 Å². The molecule has 0 saturated carbocycles. The van der Waals surface area contributed by atoms with E-state index in [4.69, 9.17) is 18.7 Å². The Morgan fingerprint density at radius 2 is 1.77 bits per heavy atom. The highest BCUT2D eigenvalue weighted by Gasteiger charge is 2.22. The zero-order valence-electron chi connectivity index (χ0n) is 17.1. The molecule has 2 aromatic carbocycles. The first-order valence-corrected chi connectivity index (χ1v) is 11.2. The van der Waals surface area contributed by atoms with E-state index in [-0.39, 0.29) is 10.6 Å². The van der Waals surface area contributed by atoms with Gasteiger partial charge in [0.1, 0.15) is 17.1 Å². The van der Waals surface area contributed by atoms with E-state index in [0.717, 1.165) is 17.7 Å². The van der Waals surface area contributed by atoms with Gasteiger partial charge in [-0.1, -0.05) is 23.4 Å². The average molecular weight is 442 g/mol. The minimum atomic E-state index is -3.90. The predicted octanol–water partition coefficient (Wildman–Crippen LogP) is 4.12. The number of benzene rings is 2. The van der Waals surface area contributed by atoms with Crippen molar-refractivity contribution in [1.82, 2.24) is 5.16 Å². The van der Waals surface area contributed by atoms with Gasteiger partial charge in [0.25, 0.3) is 10.0 Å². The Kier molecular flexibility index (Phi) is 5.85. The quantitative estimate of drug-likeness (QED) is 0.613. The molecule has 0 fully saturated rings. The lowest BCUT2D eigenvalue weighted by molar-refractivity contribution is 0.297. The second kappa shape index (κ2) is 8.73. The van der Waals surface area contributed by atoms with Crippen molar-refractivity contribution in [3.05, 3.63) is 59.5 Å². The van der Waals surface area contributed by atoms with E-state index in [1.807, 2.05) is 30.3 Å². The maximum Gasteiger partial charge on any atom is 0.262 e. The molecule has 9 heteroatoms. The third-order valence-electron chi connectivity index (χ3n) is 4.70. The number of rotatable bonds is 6. The van der Waals surface area contributed by atoms with Gasteiger partial charge in [-0.25, -0.2) is 8.42 Å². The summed E-state index contributed by atoms with van der Waals surface area (Å²) in [7, 11) is -2.30. The van der Waals surface area contributed by atoms with Crippen LogP contribution in [0.3, 0.4) is 0 Å². The number of nitrogens with one attached hydrogen (secondary N) is 1. The average Bonchev–Trinajstić information content (AvgIpc) is 2.97. The van der Waals surface area contributed by atoms with Gasteiger partial charge in [0, 0.05) is 12.5 Å². The number of aryl methyl sites for hydroxylation is 1. The molecular formula is C22H22N2O6S. The van der Waals surface area contributed by atoms with E-state index in [9.17, 15) is 8.42 Å². The standard InChI is InChI=1S/C22H22N2O6S/c1-15-22(19(23-30-15)10-6-16-4-7-17(27-2)8-5-16)24-31(25,26)18-9-11-20-21(14-18)29-13-3-12-28-20/h4-11,14,24H,3,12-13H2,1-2H3. The number of nitrogens with zero attached hydrogens (tertiary/aromatic N) is 1. The fourth-order valence-corrected chi connectivity index (χ4v) is 4.17. The lowest BCUT2D eigenvalue weighted by Crippen LogP contribution is -2.14. The number of hydrogen-bond acceptors (Lipinski definition) is 7. The Morgan fingerprint density at radius 3 is 2.52 bits per heavy atom. The lowest BCUT2D eigenvalue weighted by atomic mass is 10.2. The molecule has 2 heterocycles. The summed E-state index contributed by atoms with van der Waals surface area (Å²) in [5, 5.41) is 3.97. The first-order valence-electron chi connectivity index (χ1n) is 9.67. The molecule has 0 radical (unpaired) electrons. The van der Waals surface area contributed by atoms with Crippen molar-refractivity contribution < 1.29 is 27.2 Å². The normalized spacial score (nSPS) is 13.7. The van der Waals surface area contributed by atoms with Gasteiger partial charge in [0.05, 0.1) is 25.2 Å². The van der Waals surface area contributed by atoms with Gasteiger partial charge in [-0.2, -0.15) is 0 Å². The second-order valence-corrected chi connectivity index (χ2v) is 8.55. The van der Waals surface area contributed by atoms with E-state index < -0.39 is 10.0 Å². The minimum absolute atomic E-state index is 0.0578. The minimum Gasteiger partial charge on any atom is -0.497 e. The molecule has 3 aromatic rings. The molecule has 0 atom stereocenters. The highest BCUT2D eigenvalue weighted by atomic mass is 32.2. The fourth-order valence-electron chi connectivity index (χ4n) is 3.02. The molecule has 0 saturated heterocycles. The first-order chi connectivity index (χ1) is 15.0. The summed E-state index contributed by atoms with van der Waals surface area (Å²) in [5.41, 5.74) is 1.54. The Hall–Kier alpha value is -3.46. The summed E-state index contributed by atoms with van der Waals surface area (Å²) < 4.78 is 50.1. The molecule has 162 valence electrons. The molecule has 4 rings (SSSR count). The van der Waals surface area contributed by atoms with E-state index in [1.165, 1.54) is 12.1 Å². The third-order valence-corrected chi connectivity index (χ3v) is 6.05. The van der Waals surface area contributed by atoms with Gasteiger partial charge in [-0.05, 0) is 42.8 Å². The Morgan fingerprint density at radius 1 is 1.03 bits per heavy atom. The van der Waals surface area contributed by atoms with Crippen LogP contribution in [0.15, 0.2) is 51.9 Å². The lowest BCUT2D eigenvalue weighted by Gasteiger charge is -2.11. The number of ether oxygens (including phenoxy) is 3. The zero-order chi connectivity index (χ0) is 21.8. The monoisotopic (exact) mass is 442 g/mol. The molecule has 1 N–H and O–H groups in total. The zero-order valence-corrected chi connectivity index (χ0v) is 17.9. The molecule has 0 bridgehead atoms. The molecule has 0 aliphatic carbocycles. The predicted molar refractivity (Wildman–Crippen MR) is 116 cm³/mol. The summed E-state index contributed by atoms with van der Waals surface area (Å²) >= 11 is 0. The van der Waals surface area contributed by atoms with Crippen LogP contribution in [0, 0.1) is 6.92 Å². The maximum atomic E-state index is 13.0. The van der Waals surface area contributed by atoms with Crippen molar-refractivity contribution in [3.8, 4) is 17.2 Å². The summed E-state index contributed by atoms with van der Waals surface area (Å²) in [6.07, 6.45) is 4.23. The number of aromatic nitrogens is 1. The highest BCUT2D eigenvalue weighted by Crippen LogP contribution is 2.33. The second-order valence-electron chi connectivity index (χ2n) is 6.87. The van der Waals surface area contributed by atoms with Crippen LogP contribution in [-0.4, -0.2) is 33.9 Å². The number of anilines is 1. The van der Waals surface area contributed by atoms with Crippen LogP contribution in [0.25, 0.3) is 12.2 Å². The Balaban J connectivity index is 1.58. The fraction of sp³-hybridized carbons (Fsp3) is 0.227. The number of hydrogen-bond donors (Lipinski definition) is 1. The van der Waals surface area contributed by atoms with Crippen LogP contribution >= 0.6 is 0 Å². The third kappa shape index (κ3) is 4.66.